The molecule has 2 aromatic rings. The van der Waals surface area contributed by atoms with E-state index in [-0.39, 0.29) is 5.41 Å². The number of fused-ring (bicyclic) bond motifs is 4. The van der Waals surface area contributed by atoms with E-state index in [2.05, 4.69) is 6.07 Å². The number of rotatable bonds is 1. The highest BCUT2D eigenvalue weighted by molar-refractivity contribution is 7.18. The molecule has 0 spiro atoms. The number of nitrogens with zero attached hydrogens (tertiary/aromatic N) is 2. The fourth-order valence-corrected chi connectivity index (χ4v) is 4.99. The van der Waals surface area contributed by atoms with Crippen LogP contribution < -0.4 is 0 Å². The Hall–Kier alpha value is -1.44. The van der Waals surface area contributed by atoms with Crippen LogP contribution in [0.15, 0.2) is 18.2 Å². The summed E-state index contributed by atoms with van der Waals surface area (Å²) >= 11 is 1.74. The van der Waals surface area contributed by atoms with Crippen molar-refractivity contribution in [3.63, 3.8) is 0 Å². The highest BCUT2D eigenvalue weighted by Gasteiger charge is 2.49. The zero-order chi connectivity index (χ0) is 13.8. The molecule has 2 bridgehead atoms. The third-order valence-electron chi connectivity index (χ3n) is 5.18. The molecular weight excluding hydrogens is 268 g/mol. The zero-order valence-corrected chi connectivity index (χ0v) is 12.0. The lowest BCUT2D eigenvalue weighted by molar-refractivity contribution is -0.0660. The van der Waals surface area contributed by atoms with Crippen molar-refractivity contribution in [2.24, 2.45) is 0 Å². The molecule has 102 valence electrons. The first kappa shape index (κ1) is 12.3. The molecule has 1 N–H and O–H groups in total. The summed E-state index contributed by atoms with van der Waals surface area (Å²) in [5.74, 6) is 0. The Morgan fingerprint density at radius 1 is 1.15 bits per heavy atom. The van der Waals surface area contributed by atoms with Crippen molar-refractivity contribution in [2.45, 2.75) is 49.5 Å². The van der Waals surface area contributed by atoms with Crippen LogP contribution in [-0.2, 0) is 5.41 Å². The zero-order valence-electron chi connectivity index (χ0n) is 11.2. The van der Waals surface area contributed by atoms with Crippen molar-refractivity contribution in [3.8, 4) is 6.07 Å². The third kappa shape index (κ3) is 1.70. The summed E-state index contributed by atoms with van der Waals surface area (Å²) in [7, 11) is 0. The molecular formula is C16H16N2OS. The van der Waals surface area contributed by atoms with E-state index >= 15 is 0 Å². The van der Waals surface area contributed by atoms with Gasteiger partial charge in [-0.3, -0.25) is 0 Å². The predicted octanol–water partition coefficient (Wildman–Crippen LogP) is 3.50. The lowest BCUT2D eigenvalue weighted by Gasteiger charge is -2.50. The van der Waals surface area contributed by atoms with E-state index in [4.69, 9.17) is 10.2 Å². The number of hydrogen-bond donors (Lipinski definition) is 1. The van der Waals surface area contributed by atoms with E-state index in [0.717, 1.165) is 48.7 Å². The SMILES string of the molecule is N#Cc1ccc2nc(C34CCC(O)(CC3)CC4)sc2c1. The van der Waals surface area contributed by atoms with Crippen LogP contribution in [0.2, 0.25) is 0 Å². The minimum Gasteiger partial charge on any atom is -0.390 e. The Bertz CT molecular complexity index is 703. The molecule has 5 rings (SSSR count). The van der Waals surface area contributed by atoms with E-state index in [9.17, 15) is 5.11 Å². The number of benzene rings is 1. The first-order chi connectivity index (χ1) is 9.62. The molecule has 0 saturated heterocycles. The van der Waals surface area contributed by atoms with Crippen molar-refractivity contribution in [1.29, 1.82) is 5.26 Å². The third-order valence-corrected chi connectivity index (χ3v) is 6.44. The van der Waals surface area contributed by atoms with Gasteiger partial charge in [0.2, 0.25) is 0 Å². The largest absolute Gasteiger partial charge is 0.390 e. The van der Waals surface area contributed by atoms with E-state index in [0.29, 0.717) is 5.56 Å². The van der Waals surface area contributed by atoms with Crippen LogP contribution in [0, 0.1) is 11.3 Å². The molecule has 0 atom stereocenters. The number of aromatic nitrogens is 1. The molecule has 1 aromatic carbocycles. The van der Waals surface area contributed by atoms with Gasteiger partial charge >= 0.3 is 0 Å². The summed E-state index contributed by atoms with van der Waals surface area (Å²) in [4.78, 5) is 4.83. The van der Waals surface area contributed by atoms with E-state index in [1.807, 2.05) is 18.2 Å². The Kier molecular flexibility index (Phi) is 2.48. The fourth-order valence-electron chi connectivity index (χ4n) is 3.71. The van der Waals surface area contributed by atoms with Crippen LogP contribution in [0.4, 0.5) is 0 Å². The molecule has 1 aromatic heterocycles. The van der Waals surface area contributed by atoms with E-state index < -0.39 is 5.60 Å². The summed E-state index contributed by atoms with van der Waals surface area (Å²) in [6.45, 7) is 0. The Morgan fingerprint density at radius 3 is 2.50 bits per heavy atom. The van der Waals surface area contributed by atoms with Gasteiger partial charge in [0.1, 0.15) is 0 Å². The van der Waals surface area contributed by atoms with Gasteiger partial charge in [-0.25, -0.2) is 4.98 Å². The van der Waals surface area contributed by atoms with E-state index in [1.165, 1.54) is 5.01 Å². The average Bonchev–Trinajstić information content (AvgIpc) is 2.92. The monoisotopic (exact) mass is 284 g/mol. The lowest BCUT2D eigenvalue weighted by Crippen LogP contribution is -2.48. The summed E-state index contributed by atoms with van der Waals surface area (Å²) in [5.41, 5.74) is 1.49. The molecule has 0 radical (unpaired) electrons. The minimum atomic E-state index is -0.396. The van der Waals surface area contributed by atoms with Crippen molar-refractivity contribution >= 4 is 21.6 Å². The number of thiazole rings is 1. The molecule has 20 heavy (non-hydrogen) atoms. The molecule has 3 fully saturated rings. The summed E-state index contributed by atoms with van der Waals surface area (Å²) < 4.78 is 1.11. The van der Waals surface area contributed by atoms with Gasteiger partial charge in [-0.15, -0.1) is 11.3 Å². The first-order valence-corrected chi connectivity index (χ1v) is 7.98. The first-order valence-electron chi connectivity index (χ1n) is 7.16. The van der Waals surface area contributed by atoms with Crippen LogP contribution >= 0.6 is 11.3 Å². The van der Waals surface area contributed by atoms with Crippen molar-refractivity contribution in [2.75, 3.05) is 0 Å². The van der Waals surface area contributed by atoms with Gasteiger partial charge in [0, 0.05) is 5.41 Å². The molecule has 0 aliphatic heterocycles. The van der Waals surface area contributed by atoms with E-state index in [1.54, 1.807) is 11.3 Å². The lowest BCUT2D eigenvalue weighted by atomic mass is 9.59. The Balaban J connectivity index is 1.77. The summed E-state index contributed by atoms with van der Waals surface area (Å²) in [6.07, 6.45) is 5.88. The Labute approximate surface area is 121 Å². The number of hydrogen-bond acceptors (Lipinski definition) is 4. The van der Waals surface area contributed by atoms with Gasteiger partial charge in [-0.05, 0) is 56.7 Å². The molecule has 1 heterocycles. The van der Waals surface area contributed by atoms with Gasteiger partial charge in [-0.2, -0.15) is 5.26 Å². The topological polar surface area (TPSA) is 56.9 Å². The smallest absolute Gasteiger partial charge is 0.1000 e. The van der Waals surface area contributed by atoms with Gasteiger partial charge in [0.15, 0.2) is 0 Å². The van der Waals surface area contributed by atoms with Crippen LogP contribution in [0.25, 0.3) is 10.2 Å². The fraction of sp³-hybridized carbons (Fsp3) is 0.500. The second-order valence-electron chi connectivity index (χ2n) is 6.32. The van der Waals surface area contributed by atoms with Crippen molar-refractivity contribution in [3.05, 3.63) is 28.8 Å². The molecule has 4 heteroatoms. The minimum absolute atomic E-state index is 0.182. The molecule has 0 amide bonds. The summed E-state index contributed by atoms with van der Waals surface area (Å²) in [5, 5.41) is 20.5. The van der Waals surface area contributed by atoms with Crippen LogP contribution in [0.1, 0.15) is 49.1 Å². The second-order valence-corrected chi connectivity index (χ2v) is 7.35. The predicted molar refractivity (Wildman–Crippen MR) is 78.7 cm³/mol. The highest BCUT2D eigenvalue weighted by atomic mass is 32.1. The number of aliphatic hydroxyl groups is 1. The number of nitriles is 1. The molecule has 3 aliphatic carbocycles. The molecule has 3 nitrogen and oxygen atoms in total. The molecule has 0 unspecified atom stereocenters. The quantitative estimate of drug-likeness (QED) is 0.872. The Morgan fingerprint density at radius 2 is 1.85 bits per heavy atom. The van der Waals surface area contributed by atoms with Crippen LogP contribution in [0.5, 0.6) is 0 Å². The maximum absolute atomic E-state index is 10.3. The molecule has 3 aliphatic rings. The molecule has 3 saturated carbocycles. The van der Waals surface area contributed by atoms with Crippen LogP contribution in [-0.4, -0.2) is 15.7 Å². The van der Waals surface area contributed by atoms with Crippen molar-refractivity contribution in [1.82, 2.24) is 4.98 Å². The van der Waals surface area contributed by atoms with Gasteiger partial charge in [0.05, 0.1) is 32.5 Å². The highest BCUT2D eigenvalue weighted by Crippen LogP contribution is 2.54. The second kappa shape index (κ2) is 4.03. The maximum atomic E-state index is 10.3. The van der Waals surface area contributed by atoms with Gasteiger partial charge < -0.3 is 5.11 Å². The summed E-state index contributed by atoms with van der Waals surface area (Å²) in [6, 6.07) is 7.92. The maximum Gasteiger partial charge on any atom is 0.1000 e. The van der Waals surface area contributed by atoms with Gasteiger partial charge in [-0.1, -0.05) is 0 Å². The average molecular weight is 284 g/mol. The standard InChI is InChI=1S/C16H16N2OS/c17-10-11-1-2-12-13(9-11)20-14(18-12)15-3-6-16(19,7-4-15)8-5-15/h1-2,9,19H,3-8H2. The van der Waals surface area contributed by atoms with Crippen molar-refractivity contribution < 1.29 is 5.11 Å². The normalized spacial score (nSPS) is 32.4. The van der Waals surface area contributed by atoms with Crippen LogP contribution in [0.3, 0.4) is 0 Å². The van der Waals surface area contributed by atoms with Gasteiger partial charge in [0.25, 0.3) is 0 Å².